The number of rotatable bonds is 8. The molecule has 1 heterocycles. The van der Waals surface area contributed by atoms with E-state index in [0.29, 0.717) is 30.0 Å². The van der Waals surface area contributed by atoms with Crippen LogP contribution in [0.15, 0.2) is 24.4 Å². The number of aryl methyl sites for hydroxylation is 1. The third-order valence-corrected chi connectivity index (χ3v) is 3.87. The molecule has 0 spiro atoms. The average molecular weight is 331 g/mol. The second-order valence-corrected chi connectivity index (χ2v) is 5.54. The minimum Gasteiger partial charge on any atom is -0.497 e. The zero-order valence-corrected chi connectivity index (χ0v) is 14.8. The van der Waals surface area contributed by atoms with Crippen molar-refractivity contribution in [2.24, 2.45) is 0 Å². The number of ether oxygens (including phenoxy) is 2. The molecule has 2 rings (SSSR count). The van der Waals surface area contributed by atoms with Crippen molar-refractivity contribution in [1.82, 2.24) is 14.9 Å². The fourth-order valence-electron chi connectivity index (χ4n) is 2.61. The predicted molar refractivity (Wildman–Crippen MR) is 92.8 cm³/mol. The molecule has 0 fully saturated rings. The van der Waals surface area contributed by atoms with E-state index in [1.165, 1.54) is 7.11 Å². The highest BCUT2D eigenvalue weighted by atomic mass is 16.5. The minimum atomic E-state index is -0.167. The van der Waals surface area contributed by atoms with Crippen molar-refractivity contribution in [2.75, 3.05) is 20.8 Å². The molecule has 1 N–H and O–H groups in total. The minimum absolute atomic E-state index is 0.167. The Kier molecular flexibility index (Phi) is 6.23. The first-order valence-electron chi connectivity index (χ1n) is 8.12. The van der Waals surface area contributed by atoms with E-state index in [1.54, 1.807) is 25.3 Å². The SMILES string of the molecule is CCCn1c(C)cnc1CCNC(=O)c1ccc(OC)cc1OC. The number of carbonyl (C=O) groups excluding carboxylic acids is 1. The summed E-state index contributed by atoms with van der Waals surface area (Å²) in [6.07, 6.45) is 3.62. The van der Waals surface area contributed by atoms with Gasteiger partial charge in [0.05, 0.1) is 19.8 Å². The fourth-order valence-corrected chi connectivity index (χ4v) is 2.61. The Morgan fingerprint density at radius 2 is 2.08 bits per heavy atom. The lowest BCUT2D eigenvalue weighted by Crippen LogP contribution is -2.27. The van der Waals surface area contributed by atoms with Crippen LogP contribution in [0.1, 0.15) is 35.2 Å². The van der Waals surface area contributed by atoms with Gasteiger partial charge in [-0.1, -0.05) is 6.92 Å². The maximum Gasteiger partial charge on any atom is 0.255 e. The van der Waals surface area contributed by atoms with E-state index >= 15 is 0 Å². The number of nitrogens with one attached hydrogen (secondary N) is 1. The summed E-state index contributed by atoms with van der Waals surface area (Å²) in [5.41, 5.74) is 1.64. The molecule has 2 aromatic rings. The zero-order chi connectivity index (χ0) is 17.5. The Labute approximate surface area is 142 Å². The van der Waals surface area contributed by atoms with E-state index in [9.17, 15) is 4.79 Å². The largest absolute Gasteiger partial charge is 0.497 e. The Balaban J connectivity index is 1.99. The molecule has 0 aliphatic rings. The number of nitrogens with zero attached hydrogens (tertiary/aromatic N) is 2. The predicted octanol–water partition coefficient (Wildman–Crippen LogP) is 2.59. The third-order valence-electron chi connectivity index (χ3n) is 3.87. The monoisotopic (exact) mass is 331 g/mol. The van der Waals surface area contributed by atoms with Crippen LogP contribution in [0.3, 0.4) is 0 Å². The van der Waals surface area contributed by atoms with Crippen molar-refractivity contribution in [3.05, 3.63) is 41.5 Å². The normalized spacial score (nSPS) is 10.5. The molecule has 0 saturated carbocycles. The Hall–Kier alpha value is -2.50. The zero-order valence-electron chi connectivity index (χ0n) is 14.8. The van der Waals surface area contributed by atoms with Gasteiger partial charge >= 0.3 is 0 Å². The summed E-state index contributed by atoms with van der Waals surface area (Å²) in [6, 6.07) is 5.15. The molecule has 6 nitrogen and oxygen atoms in total. The van der Waals surface area contributed by atoms with Crippen LogP contribution in [0.2, 0.25) is 0 Å². The molecule has 1 aromatic carbocycles. The number of benzene rings is 1. The van der Waals surface area contributed by atoms with Crippen molar-refractivity contribution < 1.29 is 14.3 Å². The second kappa shape index (κ2) is 8.38. The molecule has 0 unspecified atom stereocenters. The van der Waals surface area contributed by atoms with Crippen molar-refractivity contribution in [3.63, 3.8) is 0 Å². The Morgan fingerprint density at radius 1 is 1.29 bits per heavy atom. The summed E-state index contributed by atoms with van der Waals surface area (Å²) in [6.45, 7) is 5.66. The van der Waals surface area contributed by atoms with Gasteiger partial charge in [-0.15, -0.1) is 0 Å². The van der Waals surface area contributed by atoms with Crippen LogP contribution in [0.5, 0.6) is 11.5 Å². The van der Waals surface area contributed by atoms with Gasteiger partial charge in [0.15, 0.2) is 0 Å². The number of hydrogen-bond donors (Lipinski definition) is 1. The average Bonchev–Trinajstić information content (AvgIpc) is 2.95. The van der Waals surface area contributed by atoms with E-state index in [-0.39, 0.29) is 5.91 Å². The summed E-state index contributed by atoms with van der Waals surface area (Å²) in [7, 11) is 3.12. The topological polar surface area (TPSA) is 65.4 Å². The van der Waals surface area contributed by atoms with Crippen molar-refractivity contribution >= 4 is 5.91 Å². The van der Waals surface area contributed by atoms with Gasteiger partial charge in [-0.2, -0.15) is 0 Å². The smallest absolute Gasteiger partial charge is 0.255 e. The van der Waals surface area contributed by atoms with Gasteiger partial charge in [-0.05, 0) is 25.5 Å². The van der Waals surface area contributed by atoms with E-state index in [4.69, 9.17) is 9.47 Å². The van der Waals surface area contributed by atoms with E-state index in [2.05, 4.69) is 21.8 Å². The van der Waals surface area contributed by atoms with Crippen molar-refractivity contribution in [3.8, 4) is 11.5 Å². The highest BCUT2D eigenvalue weighted by Crippen LogP contribution is 2.24. The number of hydrogen-bond acceptors (Lipinski definition) is 4. The first kappa shape index (κ1) is 17.8. The molecule has 1 aromatic heterocycles. The van der Waals surface area contributed by atoms with Crippen LogP contribution >= 0.6 is 0 Å². The lowest BCUT2D eigenvalue weighted by atomic mass is 10.1. The van der Waals surface area contributed by atoms with E-state index < -0.39 is 0 Å². The van der Waals surface area contributed by atoms with Crippen molar-refractivity contribution in [2.45, 2.75) is 33.2 Å². The fraction of sp³-hybridized carbons (Fsp3) is 0.444. The quantitative estimate of drug-likeness (QED) is 0.807. The van der Waals surface area contributed by atoms with Gasteiger partial charge in [-0.25, -0.2) is 4.98 Å². The molecule has 0 bridgehead atoms. The number of carbonyl (C=O) groups is 1. The highest BCUT2D eigenvalue weighted by Gasteiger charge is 2.13. The van der Waals surface area contributed by atoms with Crippen LogP contribution in [0, 0.1) is 6.92 Å². The van der Waals surface area contributed by atoms with Crippen LogP contribution in [0.25, 0.3) is 0 Å². The second-order valence-electron chi connectivity index (χ2n) is 5.54. The van der Waals surface area contributed by atoms with Crippen LogP contribution in [0.4, 0.5) is 0 Å². The molecule has 24 heavy (non-hydrogen) atoms. The third kappa shape index (κ3) is 4.07. The maximum atomic E-state index is 12.4. The van der Waals surface area contributed by atoms with Crippen molar-refractivity contribution in [1.29, 1.82) is 0 Å². The molecular formula is C18H25N3O3. The van der Waals surface area contributed by atoms with Gasteiger partial charge in [0.1, 0.15) is 17.3 Å². The first-order chi connectivity index (χ1) is 11.6. The molecule has 0 aliphatic heterocycles. The van der Waals surface area contributed by atoms with Gasteiger partial charge in [0.2, 0.25) is 0 Å². The summed E-state index contributed by atoms with van der Waals surface area (Å²) in [5, 5.41) is 2.93. The highest BCUT2D eigenvalue weighted by molar-refractivity contribution is 5.97. The van der Waals surface area contributed by atoms with Crippen LogP contribution in [-0.2, 0) is 13.0 Å². The van der Waals surface area contributed by atoms with Gasteiger partial charge in [0, 0.05) is 37.5 Å². The van der Waals surface area contributed by atoms with Crippen LogP contribution < -0.4 is 14.8 Å². The number of methoxy groups -OCH3 is 2. The number of aromatic nitrogens is 2. The van der Waals surface area contributed by atoms with E-state index in [1.807, 2.05) is 13.1 Å². The molecule has 0 aliphatic carbocycles. The molecule has 0 atom stereocenters. The first-order valence-corrected chi connectivity index (χ1v) is 8.12. The molecule has 1 amide bonds. The standard InChI is InChI=1S/C18H25N3O3/c1-5-10-21-13(2)12-20-17(21)8-9-19-18(22)15-7-6-14(23-3)11-16(15)24-4/h6-7,11-12H,5,8-10H2,1-4H3,(H,19,22). The Morgan fingerprint density at radius 3 is 2.75 bits per heavy atom. The molecule has 6 heteroatoms. The lowest BCUT2D eigenvalue weighted by molar-refractivity contribution is 0.0951. The number of amides is 1. The van der Waals surface area contributed by atoms with Gasteiger partial charge in [-0.3, -0.25) is 4.79 Å². The van der Waals surface area contributed by atoms with Gasteiger partial charge < -0.3 is 19.4 Å². The summed E-state index contributed by atoms with van der Waals surface area (Å²) < 4.78 is 12.6. The molecular weight excluding hydrogens is 306 g/mol. The lowest BCUT2D eigenvalue weighted by Gasteiger charge is -2.12. The summed E-state index contributed by atoms with van der Waals surface area (Å²) in [4.78, 5) is 16.8. The van der Waals surface area contributed by atoms with Gasteiger partial charge in [0.25, 0.3) is 5.91 Å². The summed E-state index contributed by atoms with van der Waals surface area (Å²) in [5.74, 6) is 1.98. The molecule has 0 saturated heterocycles. The molecule has 0 radical (unpaired) electrons. The van der Waals surface area contributed by atoms with Crippen LogP contribution in [-0.4, -0.2) is 36.2 Å². The van der Waals surface area contributed by atoms with E-state index in [0.717, 1.165) is 24.5 Å². The number of imidazole rings is 1. The summed E-state index contributed by atoms with van der Waals surface area (Å²) >= 11 is 0. The Bertz CT molecular complexity index is 695. The maximum absolute atomic E-state index is 12.4. The molecule has 130 valence electrons.